The maximum Gasteiger partial charge on any atom is 0.255 e. The van der Waals surface area contributed by atoms with Crippen molar-refractivity contribution in [1.82, 2.24) is 14.5 Å². The monoisotopic (exact) mass is 457 g/mol. The SMILES string of the molecule is Cn1c(CCN2CCN(c3ccc(F)cc3)CC2)nc2cc(NC(=O)c3ccccc3)ccc21. The van der Waals surface area contributed by atoms with E-state index in [1.165, 1.54) is 12.1 Å². The third-order valence-electron chi connectivity index (χ3n) is 6.48. The lowest BCUT2D eigenvalue weighted by Gasteiger charge is -2.36. The number of carbonyl (C=O) groups is 1. The van der Waals surface area contributed by atoms with Gasteiger partial charge < -0.3 is 14.8 Å². The molecule has 1 saturated heterocycles. The third-order valence-corrected chi connectivity index (χ3v) is 6.48. The van der Waals surface area contributed by atoms with Crippen molar-refractivity contribution >= 4 is 28.3 Å². The first-order valence-electron chi connectivity index (χ1n) is 11.6. The molecule has 1 fully saturated rings. The number of anilines is 2. The standard InChI is InChI=1S/C27H28FN5O/c1-31-25-12-9-22(29-27(34)20-5-3-2-4-6-20)19-24(25)30-26(31)13-14-32-15-17-33(18-16-32)23-10-7-21(28)8-11-23/h2-12,19H,13-18H2,1H3,(H,29,34). The zero-order chi connectivity index (χ0) is 23.5. The second-order valence-electron chi connectivity index (χ2n) is 8.67. The van der Waals surface area contributed by atoms with Gasteiger partial charge in [0.15, 0.2) is 0 Å². The minimum Gasteiger partial charge on any atom is -0.369 e. The van der Waals surface area contributed by atoms with Gasteiger partial charge in [0.1, 0.15) is 11.6 Å². The van der Waals surface area contributed by atoms with Gasteiger partial charge in [-0.3, -0.25) is 9.69 Å². The van der Waals surface area contributed by atoms with Crippen LogP contribution in [-0.4, -0.2) is 53.1 Å². The van der Waals surface area contributed by atoms with E-state index in [0.717, 1.165) is 67.4 Å². The summed E-state index contributed by atoms with van der Waals surface area (Å²) < 4.78 is 15.3. The maximum absolute atomic E-state index is 13.2. The van der Waals surface area contributed by atoms with Crippen molar-refractivity contribution in [2.24, 2.45) is 7.05 Å². The van der Waals surface area contributed by atoms with Gasteiger partial charge in [-0.1, -0.05) is 18.2 Å². The Morgan fingerprint density at radius 3 is 2.44 bits per heavy atom. The highest BCUT2D eigenvalue weighted by Crippen LogP contribution is 2.21. The summed E-state index contributed by atoms with van der Waals surface area (Å²) in [6.07, 6.45) is 0.855. The molecular weight excluding hydrogens is 429 g/mol. The second kappa shape index (κ2) is 9.65. The van der Waals surface area contributed by atoms with Gasteiger partial charge in [0.2, 0.25) is 0 Å². The quantitative estimate of drug-likeness (QED) is 0.468. The van der Waals surface area contributed by atoms with Crippen LogP contribution >= 0.6 is 0 Å². The van der Waals surface area contributed by atoms with E-state index in [2.05, 4.69) is 19.7 Å². The van der Waals surface area contributed by atoms with Gasteiger partial charge in [-0.25, -0.2) is 9.37 Å². The molecule has 0 saturated carbocycles. The molecule has 0 bridgehead atoms. The van der Waals surface area contributed by atoms with E-state index in [1.54, 1.807) is 12.1 Å². The number of amides is 1. The molecule has 1 aromatic heterocycles. The average molecular weight is 458 g/mol. The number of imidazole rings is 1. The van der Waals surface area contributed by atoms with E-state index in [-0.39, 0.29) is 11.7 Å². The smallest absolute Gasteiger partial charge is 0.255 e. The van der Waals surface area contributed by atoms with Gasteiger partial charge >= 0.3 is 0 Å². The number of aromatic nitrogens is 2. The molecule has 6 nitrogen and oxygen atoms in total. The molecule has 1 N–H and O–H groups in total. The summed E-state index contributed by atoms with van der Waals surface area (Å²) >= 11 is 0. The van der Waals surface area contributed by atoms with Gasteiger partial charge in [-0.15, -0.1) is 0 Å². The Labute approximate surface area is 198 Å². The molecule has 7 heteroatoms. The van der Waals surface area contributed by atoms with E-state index in [1.807, 2.05) is 55.6 Å². The fraction of sp³-hybridized carbons (Fsp3) is 0.259. The molecule has 0 aliphatic carbocycles. The maximum atomic E-state index is 13.2. The number of hydrogen-bond donors (Lipinski definition) is 1. The van der Waals surface area contributed by atoms with E-state index in [9.17, 15) is 9.18 Å². The number of halogens is 1. The van der Waals surface area contributed by atoms with Crippen LogP contribution in [0.2, 0.25) is 0 Å². The average Bonchev–Trinajstić information content (AvgIpc) is 3.18. The number of nitrogens with one attached hydrogen (secondary N) is 1. The van der Waals surface area contributed by atoms with Gasteiger partial charge in [-0.05, 0) is 54.6 Å². The highest BCUT2D eigenvalue weighted by Gasteiger charge is 2.18. The molecule has 0 radical (unpaired) electrons. The largest absolute Gasteiger partial charge is 0.369 e. The Hall–Kier alpha value is -3.71. The Balaban J connectivity index is 1.19. The highest BCUT2D eigenvalue weighted by molar-refractivity contribution is 6.04. The molecule has 2 heterocycles. The molecule has 5 rings (SSSR count). The summed E-state index contributed by atoms with van der Waals surface area (Å²) in [6, 6.07) is 21.8. The molecule has 0 unspecified atom stereocenters. The predicted molar refractivity (Wildman–Crippen MR) is 134 cm³/mol. The van der Waals surface area contributed by atoms with Crippen LogP contribution < -0.4 is 10.2 Å². The van der Waals surface area contributed by atoms with Crippen LogP contribution in [0.25, 0.3) is 11.0 Å². The Morgan fingerprint density at radius 1 is 0.971 bits per heavy atom. The first kappa shape index (κ1) is 22.1. The fourth-order valence-corrected chi connectivity index (χ4v) is 4.48. The van der Waals surface area contributed by atoms with Crippen molar-refractivity contribution in [1.29, 1.82) is 0 Å². The summed E-state index contributed by atoms with van der Waals surface area (Å²) in [4.78, 5) is 22.1. The zero-order valence-electron chi connectivity index (χ0n) is 19.2. The molecular formula is C27H28FN5O. The van der Waals surface area contributed by atoms with Crippen molar-refractivity contribution in [3.05, 3.63) is 90.0 Å². The lowest BCUT2D eigenvalue weighted by Crippen LogP contribution is -2.47. The first-order chi connectivity index (χ1) is 16.6. The van der Waals surface area contributed by atoms with Gasteiger partial charge in [0.05, 0.1) is 11.0 Å². The van der Waals surface area contributed by atoms with Gasteiger partial charge in [-0.2, -0.15) is 0 Å². The first-order valence-corrected chi connectivity index (χ1v) is 11.6. The Kier molecular flexibility index (Phi) is 6.27. The van der Waals surface area contributed by atoms with Gasteiger partial charge in [0.25, 0.3) is 5.91 Å². The third kappa shape index (κ3) is 4.79. The number of hydrogen-bond acceptors (Lipinski definition) is 4. The topological polar surface area (TPSA) is 53.4 Å². The minimum atomic E-state index is -0.199. The summed E-state index contributed by atoms with van der Waals surface area (Å²) in [5.74, 6) is 0.703. The van der Waals surface area contributed by atoms with Crippen molar-refractivity contribution in [2.45, 2.75) is 6.42 Å². The van der Waals surface area contributed by atoms with Crippen LogP contribution in [0.4, 0.5) is 15.8 Å². The highest BCUT2D eigenvalue weighted by atomic mass is 19.1. The fourth-order valence-electron chi connectivity index (χ4n) is 4.48. The molecule has 1 aliphatic rings. The summed E-state index contributed by atoms with van der Waals surface area (Å²) in [5.41, 5.74) is 4.37. The molecule has 3 aromatic carbocycles. The van der Waals surface area contributed by atoms with Crippen molar-refractivity contribution < 1.29 is 9.18 Å². The molecule has 1 amide bonds. The molecule has 0 spiro atoms. The molecule has 34 heavy (non-hydrogen) atoms. The van der Waals surface area contributed by atoms with Crippen LogP contribution in [-0.2, 0) is 13.5 Å². The Morgan fingerprint density at radius 2 is 1.71 bits per heavy atom. The summed E-state index contributed by atoms with van der Waals surface area (Å²) in [7, 11) is 2.04. The number of fused-ring (bicyclic) bond motifs is 1. The molecule has 174 valence electrons. The van der Waals surface area contributed by atoms with E-state index in [0.29, 0.717) is 5.56 Å². The summed E-state index contributed by atoms with van der Waals surface area (Å²) in [6.45, 7) is 4.73. The van der Waals surface area contributed by atoms with E-state index < -0.39 is 0 Å². The van der Waals surface area contributed by atoms with Crippen LogP contribution in [0.5, 0.6) is 0 Å². The number of rotatable bonds is 6. The normalized spacial score (nSPS) is 14.5. The second-order valence-corrected chi connectivity index (χ2v) is 8.67. The minimum absolute atomic E-state index is 0.129. The van der Waals surface area contributed by atoms with E-state index >= 15 is 0 Å². The van der Waals surface area contributed by atoms with Gasteiger partial charge in [0, 0.05) is 63.1 Å². The van der Waals surface area contributed by atoms with E-state index in [4.69, 9.17) is 4.98 Å². The van der Waals surface area contributed by atoms with Crippen molar-refractivity contribution in [3.8, 4) is 0 Å². The predicted octanol–water partition coefficient (Wildman–Crippen LogP) is 4.33. The van der Waals surface area contributed by atoms with Crippen LogP contribution in [0, 0.1) is 5.82 Å². The zero-order valence-corrected chi connectivity index (χ0v) is 19.2. The lowest BCUT2D eigenvalue weighted by atomic mass is 10.2. The summed E-state index contributed by atoms with van der Waals surface area (Å²) in [5, 5.41) is 2.96. The number of piperazine rings is 1. The molecule has 4 aromatic rings. The number of carbonyl (C=O) groups excluding carboxylic acids is 1. The number of aryl methyl sites for hydroxylation is 1. The molecule has 1 aliphatic heterocycles. The van der Waals surface area contributed by atoms with Crippen molar-refractivity contribution in [2.75, 3.05) is 42.9 Å². The van der Waals surface area contributed by atoms with Crippen LogP contribution in [0.1, 0.15) is 16.2 Å². The number of benzene rings is 3. The van der Waals surface area contributed by atoms with Crippen LogP contribution in [0.15, 0.2) is 72.8 Å². The lowest BCUT2D eigenvalue weighted by molar-refractivity contribution is 0.102. The van der Waals surface area contributed by atoms with Crippen molar-refractivity contribution in [3.63, 3.8) is 0 Å². The molecule has 0 atom stereocenters. The van der Waals surface area contributed by atoms with Crippen LogP contribution in [0.3, 0.4) is 0 Å². The Bertz CT molecular complexity index is 1280. The number of nitrogens with zero attached hydrogens (tertiary/aromatic N) is 4.